The fourth-order valence-corrected chi connectivity index (χ4v) is 2.45. The summed E-state index contributed by atoms with van der Waals surface area (Å²) in [6.07, 6.45) is 0.0885. The van der Waals surface area contributed by atoms with Crippen molar-refractivity contribution in [3.05, 3.63) is 65.4 Å². The van der Waals surface area contributed by atoms with Crippen molar-refractivity contribution in [3.8, 4) is 5.75 Å². The summed E-state index contributed by atoms with van der Waals surface area (Å²) in [7, 11) is 0. The van der Waals surface area contributed by atoms with Crippen molar-refractivity contribution in [3.63, 3.8) is 0 Å². The van der Waals surface area contributed by atoms with Crippen molar-refractivity contribution in [2.24, 2.45) is 0 Å². The zero-order valence-electron chi connectivity index (χ0n) is 13.1. The molecule has 0 aliphatic heterocycles. The maximum atomic E-state index is 14.0. The number of halogens is 2. The third kappa shape index (κ3) is 3.02. The van der Waals surface area contributed by atoms with E-state index in [1.54, 1.807) is 18.2 Å². The van der Waals surface area contributed by atoms with Crippen LogP contribution in [-0.2, 0) is 6.42 Å². The molecular weight excluding hydrogens is 344 g/mol. The molecule has 0 aliphatic rings. The second-order valence-electron chi connectivity index (χ2n) is 5.49. The second kappa shape index (κ2) is 6.36. The van der Waals surface area contributed by atoms with Gasteiger partial charge in [0.05, 0.1) is 11.4 Å². The average molecular weight is 355 g/mol. The van der Waals surface area contributed by atoms with Crippen molar-refractivity contribution < 1.29 is 18.5 Å². The number of nitrogens with one attached hydrogen (secondary N) is 1. The summed E-state index contributed by atoms with van der Waals surface area (Å²) in [5, 5.41) is 19.6. The Hall–Kier alpha value is -3.62. The van der Waals surface area contributed by atoms with Gasteiger partial charge in [0.2, 0.25) is 11.3 Å². The number of hydrogen-bond acceptors (Lipinski definition) is 7. The quantitative estimate of drug-likeness (QED) is 0.579. The predicted octanol–water partition coefficient (Wildman–Crippen LogP) is 3.33. The Morgan fingerprint density at radius 2 is 1.73 bits per heavy atom. The maximum Gasteiger partial charge on any atom is 0.245 e. The molecule has 2 aromatic heterocycles. The molecule has 0 aliphatic carbocycles. The molecule has 2 N–H and O–H groups in total. The minimum absolute atomic E-state index is 0.00936. The number of phenols is 1. The smallest absolute Gasteiger partial charge is 0.245 e. The Morgan fingerprint density at radius 1 is 0.962 bits per heavy atom. The lowest BCUT2D eigenvalue weighted by Crippen LogP contribution is -2.05. The van der Waals surface area contributed by atoms with E-state index in [0.29, 0.717) is 11.3 Å². The van der Waals surface area contributed by atoms with E-state index in [1.165, 1.54) is 18.2 Å². The van der Waals surface area contributed by atoms with E-state index in [0.717, 1.165) is 6.07 Å². The Labute approximate surface area is 145 Å². The van der Waals surface area contributed by atoms with Gasteiger partial charge in [0, 0.05) is 12.5 Å². The van der Waals surface area contributed by atoms with Crippen LogP contribution in [0.25, 0.3) is 11.3 Å². The van der Waals surface area contributed by atoms with Crippen LogP contribution in [0.4, 0.5) is 20.3 Å². The van der Waals surface area contributed by atoms with Gasteiger partial charge in [0.15, 0.2) is 5.82 Å². The van der Waals surface area contributed by atoms with Crippen LogP contribution in [0.3, 0.4) is 0 Å². The first kappa shape index (κ1) is 15.9. The van der Waals surface area contributed by atoms with Crippen LogP contribution < -0.4 is 5.32 Å². The molecule has 2 heterocycles. The lowest BCUT2D eigenvalue weighted by molar-refractivity contribution is 0.314. The van der Waals surface area contributed by atoms with E-state index in [9.17, 15) is 13.9 Å². The molecule has 2 aromatic carbocycles. The number of aromatic hydroxyl groups is 1. The maximum absolute atomic E-state index is 14.0. The lowest BCUT2D eigenvalue weighted by atomic mass is 10.1. The molecule has 26 heavy (non-hydrogen) atoms. The number of hydrogen-bond donors (Lipinski definition) is 2. The van der Waals surface area contributed by atoms with Gasteiger partial charge in [-0.25, -0.2) is 23.4 Å². The number of benzene rings is 2. The second-order valence-corrected chi connectivity index (χ2v) is 5.49. The normalized spacial score (nSPS) is 11.0. The standard InChI is InChI=1S/C17H11F2N5O2/c18-11-4-2-1-3-9(11)7-14-15(22-17-16(21-14)23-26-24-17)20-13-8-10(25)5-6-12(13)19/h1-6,8,25H,7H2,(H,20,22,24). The molecule has 0 fully saturated rings. The molecule has 0 bridgehead atoms. The predicted molar refractivity (Wildman–Crippen MR) is 87.9 cm³/mol. The van der Waals surface area contributed by atoms with Crippen LogP contribution in [0.15, 0.2) is 47.1 Å². The van der Waals surface area contributed by atoms with E-state index in [4.69, 9.17) is 0 Å². The summed E-state index contributed by atoms with van der Waals surface area (Å²) in [6, 6.07) is 9.76. The first-order valence-electron chi connectivity index (χ1n) is 7.58. The molecule has 0 saturated heterocycles. The molecule has 0 spiro atoms. The number of phenolic OH excluding ortho intramolecular Hbond substituents is 1. The first-order valence-corrected chi connectivity index (χ1v) is 7.58. The number of rotatable bonds is 4. The topological polar surface area (TPSA) is 97.0 Å². The molecule has 4 aromatic rings. The largest absolute Gasteiger partial charge is 0.508 e. The van der Waals surface area contributed by atoms with Gasteiger partial charge in [-0.15, -0.1) is 0 Å². The van der Waals surface area contributed by atoms with Gasteiger partial charge in [-0.3, -0.25) is 0 Å². The highest BCUT2D eigenvalue weighted by Crippen LogP contribution is 2.27. The van der Waals surface area contributed by atoms with E-state index >= 15 is 0 Å². The number of anilines is 2. The van der Waals surface area contributed by atoms with Crippen LogP contribution >= 0.6 is 0 Å². The molecule has 9 heteroatoms. The van der Waals surface area contributed by atoms with Gasteiger partial charge in [0.25, 0.3) is 0 Å². The molecule has 0 radical (unpaired) electrons. The molecular formula is C17H11F2N5O2. The summed E-state index contributed by atoms with van der Waals surface area (Å²) < 4.78 is 32.6. The molecule has 0 unspecified atom stereocenters. The van der Waals surface area contributed by atoms with Gasteiger partial charge < -0.3 is 10.4 Å². The van der Waals surface area contributed by atoms with Gasteiger partial charge >= 0.3 is 0 Å². The first-order chi connectivity index (χ1) is 12.6. The molecule has 0 amide bonds. The lowest BCUT2D eigenvalue weighted by Gasteiger charge is -2.11. The minimum Gasteiger partial charge on any atom is -0.508 e. The van der Waals surface area contributed by atoms with Crippen LogP contribution in [0, 0.1) is 11.6 Å². The molecule has 4 rings (SSSR count). The Morgan fingerprint density at radius 3 is 2.54 bits per heavy atom. The summed E-state index contributed by atoms with van der Waals surface area (Å²) in [4.78, 5) is 8.49. The SMILES string of the molecule is Oc1ccc(F)c(Nc2nc3nonc3nc2Cc2ccccc2F)c1. The molecule has 7 nitrogen and oxygen atoms in total. The van der Waals surface area contributed by atoms with Crippen molar-refractivity contribution in [2.75, 3.05) is 5.32 Å². The van der Waals surface area contributed by atoms with Crippen LogP contribution in [-0.4, -0.2) is 25.4 Å². The Balaban J connectivity index is 1.79. The van der Waals surface area contributed by atoms with Gasteiger partial charge in [-0.1, -0.05) is 18.2 Å². The number of nitrogens with zero attached hydrogens (tertiary/aromatic N) is 4. The number of fused-ring (bicyclic) bond motifs is 1. The van der Waals surface area contributed by atoms with E-state index in [2.05, 4.69) is 30.2 Å². The average Bonchev–Trinajstić information content (AvgIpc) is 3.07. The highest BCUT2D eigenvalue weighted by atomic mass is 19.1. The fraction of sp³-hybridized carbons (Fsp3) is 0.0588. The van der Waals surface area contributed by atoms with E-state index in [-0.39, 0.29) is 35.0 Å². The summed E-state index contributed by atoms with van der Waals surface area (Å²) >= 11 is 0. The van der Waals surface area contributed by atoms with Gasteiger partial charge in [-0.2, -0.15) is 0 Å². The molecule has 0 saturated carbocycles. The third-order valence-electron chi connectivity index (χ3n) is 3.71. The summed E-state index contributed by atoms with van der Waals surface area (Å²) in [5.74, 6) is -0.968. The highest BCUT2D eigenvalue weighted by Gasteiger charge is 2.16. The monoisotopic (exact) mass is 355 g/mol. The van der Waals surface area contributed by atoms with E-state index < -0.39 is 11.6 Å². The van der Waals surface area contributed by atoms with Crippen LogP contribution in [0.2, 0.25) is 0 Å². The van der Waals surface area contributed by atoms with Crippen molar-refractivity contribution in [1.29, 1.82) is 0 Å². The molecule has 0 atom stereocenters. The molecule has 130 valence electrons. The van der Waals surface area contributed by atoms with Crippen molar-refractivity contribution in [1.82, 2.24) is 20.3 Å². The Kier molecular flexibility index (Phi) is 3.88. The third-order valence-corrected chi connectivity index (χ3v) is 3.71. The zero-order valence-corrected chi connectivity index (χ0v) is 13.1. The van der Waals surface area contributed by atoms with Crippen molar-refractivity contribution in [2.45, 2.75) is 6.42 Å². The van der Waals surface area contributed by atoms with E-state index in [1.807, 2.05) is 0 Å². The van der Waals surface area contributed by atoms with Crippen molar-refractivity contribution >= 4 is 22.8 Å². The van der Waals surface area contributed by atoms with Crippen LogP contribution in [0.1, 0.15) is 11.3 Å². The highest BCUT2D eigenvalue weighted by molar-refractivity contribution is 5.70. The van der Waals surface area contributed by atoms with Crippen LogP contribution in [0.5, 0.6) is 5.75 Å². The summed E-state index contributed by atoms with van der Waals surface area (Å²) in [5.41, 5.74) is 0.964. The Bertz CT molecular complexity index is 1100. The van der Waals surface area contributed by atoms with Gasteiger partial charge in [0.1, 0.15) is 17.4 Å². The number of aromatic nitrogens is 4. The zero-order chi connectivity index (χ0) is 18.1. The summed E-state index contributed by atoms with van der Waals surface area (Å²) in [6.45, 7) is 0. The minimum atomic E-state index is -0.597. The van der Waals surface area contributed by atoms with Gasteiger partial charge in [-0.05, 0) is 34.1 Å². The fourth-order valence-electron chi connectivity index (χ4n) is 2.45.